The molecule has 0 bridgehead atoms. The van der Waals surface area contributed by atoms with Gasteiger partial charge in [0.25, 0.3) is 0 Å². The third kappa shape index (κ3) is 8.70. The number of aliphatic hydroxyl groups excluding tert-OH is 2. The molecule has 0 amide bonds. The first-order valence-electron chi connectivity index (χ1n) is 13.0. The van der Waals surface area contributed by atoms with E-state index >= 15 is 0 Å². The van der Waals surface area contributed by atoms with Crippen LogP contribution in [-0.2, 0) is 14.3 Å². The molecular formula is C29H44N2O5S. The SMILES string of the molecule is CC(C)=CC[C@H](OC(=O)C[C@H](O)C(C)(C)C(=O)[C@@H]1C/C(=C/CN)C[C@H](C)[C@@H]1O)/C(C)=C/c1csc(C)n1. The number of allylic oxidation sites excluding steroid dienone is 2. The predicted octanol–water partition coefficient (Wildman–Crippen LogP) is 4.76. The lowest BCUT2D eigenvalue weighted by molar-refractivity contribution is -0.154. The fourth-order valence-corrected chi connectivity index (χ4v) is 5.27. The number of nitrogens with two attached hydrogens (primary N) is 1. The van der Waals surface area contributed by atoms with Crippen LogP contribution < -0.4 is 5.73 Å². The summed E-state index contributed by atoms with van der Waals surface area (Å²) in [5, 5.41) is 24.7. The van der Waals surface area contributed by atoms with Gasteiger partial charge < -0.3 is 20.7 Å². The Morgan fingerprint density at radius 1 is 1.30 bits per heavy atom. The van der Waals surface area contributed by atoms with E-state index in [2.05, 4.69) is 4.98 Å². The van der Waals surface area contributed by atoms with E-state index in [1.807, 2.05) is 58.2 Å². The number of nitrogens with zero attached hydrogens (tertiary/aromatic N) is 1. The Morgan fingerprint density at radius 2 is 1.97 bits per heavy atom. The zero-order chi connectivity index (χ0) is 27.9. The maximum Gasteiger partial charge on any atom is 0.309 e. The van der Waals surface area contributed by atoms with Crippen LogP contribution in [0.4, 0.5) is 0 Å². The number of aromatic nitrogens is 1. The Bertz CT molecular complexity index is 1030. The van der Waals surface area contributed by atoms with E-state index < -0.39 is 35.6 Å². The third-order valence-electron chi connectivity index (χ3n) is 7.17. The van der Waals surface area contributed by atoms with Crippen LogP contribution in [0.15, 0.2) is 34.3 Å². The van der Waals surface area contributed by atoms with Crippen molar-refractivity contribution in [2.45, 2.75) is 92.5 Å². The standard InChI is InChI=1S/C29H44N2O5S/c1-17(2)8-9-24(18(3)13-22-16-37-20(5)31-22)36-26(33)15-25(32)29(6,7)28(35)23-14-21(10-11-30)12-19(4)27(23)34/h8,10,13,16,19,23-25,27,32,34H,9,11-12,14-15,30H2,1-7H3/b18-13+,21-10+/t19-,23+,24-,25-,27-/m0/s1. The number of aliphatic hydroxyl groups is 2. The number of hydrogen-bond donors (Lipinski definition) is 3. The number of Topliss-reactive ketones (excluding diaryl/α,β-unsaturated/α-hetero) is 1. The summed E-state index contributed by atoms with van der Waals surface area (Å²) in [5.74, 6) is -1.58. The van der Waals surface area contributed by atoms with Crippen molar-refractivity contribution in [2.75, 3.05) is 6.54 Å². The predicted molar refractivity (Wildman–Crippen MR) is 149 cm³/mol. The number of thiazole rings is 1. The van der Waals surface area contributed by atoms with E-state index in [4.69, 9.17) is 10.5 Å². The van der Waals surface area contributed by atoms with Gasteiger partial charge in [-0.3, -0.25) is 9.59 Å². The van der Waals surface area contributed by atoms with Crippen molar-refractivity contribution in [3.8, 4) is 0 Å². The number of ether oxygens (including phenoxy) is 1. The Labute approximate surface area is 225 Å². The molecule has 1 aliphatic carbocycles. The summed E-state index contributed by atoms with van der Waals surface area (Å²) in [6, 6.07) is 0. The van der Waals surface area contributed by atoms with E-state index in [0.29, 0.717) is 25.8 Å². The van der Waals surface area contributed by atoms with Gasteiger partial charge in [-0.05, 0) is 58.1 Å². The Morgan fingerprint density at radius 3 is 2.54 bits per heavy atom. The maximum atomic E-state index is 13.5. The van der Waals surface area contributed by atoms with E-state index in [1.165, 1.54) is 0 Å². The van der Waals surface area contributed by atoms with Gasteiger partial charge in [-0.15, -0.1) is 11.3 Å². The zero-order valence-corrected chi connectivity index (χ0v) is 24.1. The molecule has 0 radical (unpaired) electrons. The average molecular weight is 533 g/mol. The minimum atomic E-state index is -1.26. The normalized spacial score (nSPS) is 23.5. The average Bonchev–Trinajstić information content (AvgIpc) is 3.22. The molecule has 1 aromatic heterocycles. The van der Waals surface area contributed by atoms with E-state index in [0.717, 1.165) is 27.4 Å². The molecule has 0 aromatic carbocycles. The smallest absolute Gasteiger partial charge is 0.309 e. The van der Waals surface area contributed by atoms with Crippen molar-refractivity contribution >= 4 is 29.2 Å². The molecule has 206 valence electrons. The molecule has 0 aliphatic heterocycles. The highest BCUT2D eigenvalue weighted by Crippen LogP contribution is 2.39. The van der Waals surface area contributed by atoms with Crippen molar-refractivity contribution in [3.63, 3.8) is 0 Å². The Kier molecular flexibility index (Phi) is 11.4. The largest absolute Gasteiger partial charge is 0.457 e. The van der Waals surface area contributed by atoms with Crippen LogP contribution in [-0.4, -0.2) is 51.8 Å². The zero-order valence-electron chi connectivity index (χ0n) is 23.3. The first-order chi connectivity index (χ1) is 17.3. The summed E-state index contributed by atoms with van der Waals surface area (Å²) in [6.07, 6.45) is 4.51. The second-order valence-corrected chi connectivity index (χ2v) is 12.1. The van der Waals surface area contributed by atoms with Gasteiger partial charge in [-0.25, -0.2) is 4.98 Å². The first-order valence-corrected chi connectivity index (χ1v) is 13.9. The quantitative estimate of drug-likeness (QED) is 0.277. The van der Waals surface area contributed by atoms with Gasteiger partial charge in [-0.1, -0.05) is 44.1 Å². The Balaban J connectivity index is 2.14. The van der Waals surface area contributed by atoms with Crippen molar-refractivity contribution < 1.29 is 24.5 Å². The molecular weight excluding hydrogens is 488 g/mol. The van der Waals surface area contributed by atoms with Gasteiger partial charge >= 0.3 is 5.97 Å². The highest BCUT2D eigenvalue weighted by molar-refractivity contribution is 7.09. The summed E-state index contributed by atoms with van der Waals surface area (Å²) in [5.41, 5.74) is 8.23. The van der Waals surface area contributed by atoms with Crippen LogP contribution in [0.1, 0.15) is 77.9 Å². The summed E-state index contributed by atoms with van der Waals surface area (Å²) in [4.78, 5) is 30.9. The molecule has 1 saturated carbocycles. The molecule has 1 heterocycles. The van der Waals surface area contributed by atoms with Gasteiger partial charge in [0, 0.05) is 24.3 Å². The van der Waals surface area contributed by atoms with E-state index in [1.54, 1.807) is 25.2 Å². The van der Waals surface area contributed by atoms with Crippen molar-refractivity contribution in [3.05, 3.63) is 45.0 Å². The third-order valence-corrected chi connectivity index (χ3v) is 7.96. The van der Waals surface area contributed by atoms with Crippen molar-refractivity contribution in [1.29, 1.82) is 0 Å². The number of carbonyl (C=O) groups is 2. The van der Waals surface area contributed by atoms with Crippen LogP contribution in [0, 0.1) is 24.2 Å². The topological polar surface area (TPSA) is 123 Å². The molecule has 37 heavy (non-hydrogen) atoms. The molecule has 0 unspecified atom stereocenters. The number of hydrogen-bond acceptors (Lipinski definition) is 8. The van der Waals surface area contributed by atoms with Gasteiger partial charge in [0.05, 0.1) is 34.7 Å². The van der Waals surface area contributed by atoms with Crippen LogP contribution in [0.5, 0.6) is 0 Å². The van der Waals surface area contributed by atoms with Crippen LogP contribution >= 0.6 is 11.3 Å². The second-order valence-electron chi connectivity index (χ2n) is 11.1. The molecule has 5 atom stereocenters. The lowest BCUT2D eigenvalue weighted by Gasteiger charge is -2.39. The van der Waals surface area contributed by atoms with Crippen LogP contribution in [0.3, 0.4) is 0 Å². The summed E-state index contributed by atoms with van der Waals surface area (Å²) in [7, 11) is 0. The fourth-order valence-electron chi connectivity index (χ4n) is 4.70. The summed E-state index contributed by atoms with van der Waals surface area (Å²) in [6.45, 7) is 13.3. The Hall–Kier alpha value is -2.13. The highest BCUT2D eigenvalue weighted by atomic mass is 32.1. The van der Waals surface area contributed by atoms with Gasteiger partial charge in [0.1, 0.15) is 11.9 Å². The number of esters is 1. The fraction of sp³-hybridized carbons (Fsp3) is 0.621. The molecule has 1 aromatic rings. The van der Waals surface area contributed by atoms with E-state index in [9.17, 15) is 19.8 Å². The molecule has 1 aliphatic rings. The molecule has 8 heteroatoms. The number of rotatable bonds is 11. The number of ketones is 1. The molecule has 0 spiro atoms. The van der Waals surface area contributed by atoms with Gasteiger partial charge in [0.15, 0.2) is 0 Å². The van der Waals surface area contributed by atoms with Gasteiger partial charge in [-0.2, -0.15) is 0 Å². The van der Waals surface area contributed by atoms with Crippen LogP contribution in [0.2, 0.25) is 0 Å². The monoisotopic (exact) mass is 532 g/mol. The minimum Gasteiger partial charge on any atom is -0.457 e. The van der Waals surface area contributed by atoms with Crippen molar-refractivity contribution in [1.82, 2.24) is 4.98 Å². The molecule has 1 fully saturated rings. The maximum absolute atomic E-state index is 13.5. The summed E-state index contributed by atoms with van der Waals surface area (Å²) < 4.78 is 5.80. The number of carbonyl (C=O) groups excluding carboxylic acids is 2. The van der Waals surface area contributed by atoms with E-state index in [-0.39, 0.29) is 18.1 Å². The molecule has 7 nitrogen and oxygen atoms in total. The lowest BCUT2D eigenvalue weighted by atomic mass is 9.67. The number of aryl methyl sites for hydroxylation is 1. The molecule has 0 saturated heterocycles. The van der Waals surface area contributed by atoms with Crippen molar-refractivity contribution in [2.24, 2.45) is 23.0 Å². The molecule has 4 N–H and O–H groups in total. The minimum absolute atomic E-state index is 0.0921. The summed E-state index contributed by atoms with van der Waals surface area (Å²) >= 11 is 1.55. The highest BCUT2D eigenvalue weighted by Gasteiger charge is 2.45. The second kappa shape index (κ2) is 13.6. The molecule has 2 rings (SSSR count). The van der Waals surface area contributed by atoms with Gasteiger partial charge in [0.2, 0.25) is 0 Å². The van der Waals surface area contributed by atoms with Crippen LogP contribution in [0.25, 0.3) is 6.08 Å². The lowest BCUT2D eigenvalue weighted by Crippen LogP contribution is -2.48. The first kappa shape index (κ1) is 31.1.